The summed E-state index contributed by atoms with van der Waals surface area (Å²) in [6, 6.07) is 19.8. The molecular formula is C21H15NO3. The molecule has 0 saturated heterocycles. The minimum atomic E-state index is -0.180. The van der Waals surface area contributed by atoms with E-state index in [1.165, 1.54) is 0 Å². The van der Waals surface area contributed by atoms with E-state index in [2.05, 4.69) is 5.32 Å². The van der Waals surface area contributed by atoms with Gasteiger partial charge in [0.1, 0.15) is 5.76 Å². The van der Waals surface area contributed by atoms with Crippen LogP contribution in [0.15, 0.2) is 83.1 Å². The van der Waals surface area contributed by atoms with E-state index in [1.54, 1.807) is 36.6 Å². The molecule has 0 aliphatic heterocycles. The number of nitrogens with one attached hydrogen (secondary N) is 1. The highest BCUT2D eigenvalue weighted by atomic mass is 16.3. The van der Waals surface area contributed by atoms with Crippen LogP contribution in [-0.4, -0.2) is 11.6 Å². The molecule has 0 saturated carbocycles. The predicted octanol–water partition coefficient (Wildman–Crippen LogP) is 3.86. The van der Waals surface area contributed by atoms with Gasteiger partial charge in [0.05, 0.1) is 24.1 Å². The lowest BCUT2D eigenvalue weighted by atomic mass is 9.84. The molecule has 122 valence electrons. The Morgan fingerprint density at radius 1 is 0.760 bits per heavy atom. The Bertz CT molecular complexity index is 969. The third-order valence-electron chi connectivity index (χ3n) is 4.20. The van der Waals surface area contributed by atoms with Gasteiger partial charge in [0, 0.05) is 11.1 Å². The molecule has 3 aromatic rings. The van der Waals surface area contributed by atoms with Crippen molar-refractivity contribution in [2.24, 2.45) is 0 Å². The quantitative estimate of drug-likeness (QED) is 0.789. The van der Waals surface area contributed by atoms with Crippen LogP contribution < -0.4 is 5.32 Å². The van der Waals surface area contributed by atoms with Gasteiger partial charge in [-0.25, -0.2) is 0 Å². The van der Waals surface area contributed by atoms with Crippen molar-refractivity contribution in [3.05, 3.63) is 101 Å². The van der Waals surface area contributed by atoms with Gasteiger partial charge in [0.2, 0.25) is 5.78 Å². The molecule has 0 fully saturated rings. The molecule has 1 aliphatic rings. The van der Waals surface area contributed by atoms with E-state index in [0.717, 1.165) is 5.56 Å². The van der Waals surface area contributed by atoms with Gasteiger partial charge in [-0.1, -0.05) is 54.6 Å². The van der Waals surface area contributed by atoms with Crippen molar-refractivity contribution in [2.75, 3.05) is 0 Å². The van der Waals surface area contributed by atoms with Crippen LogP contribution in [0, 0.1) is 0 Å². The maximum absolute atomic E-state index is 13.1. The van der Waals surface area contributed by atoms with Crippen molar-refractivity contribution in [2.45, 2.75) is 6.54 Å². The fourth-order valence-corrected chi connectivity index (χ4v) is 3.01. The number of fused-ring (bicyclic) bond motifs is 1. The van der Waals surface area contributed by atoms with Crippen LogP contribution in [0.4, 0.5) is 0 Å². The smallest absolute Gasteiger partial charge is 0.210 e. The van der Waals surface area contributed by atoms with Crippen LogP contribution in [0.5, 0.6) is 0 Å². The Kier molecular flexibility index (Phi) is 3.78. The molecule has 2 aromatic carbocycles. The van der Waals surface area contributed by atoms with Gasteiger partial charge < -0.3 is 9.73 Å². The third-order valence-corrected chi connectivity index (χ3v) is 4.20. The molecule has 0 amide bonds. The summed E-state index contributed by atoms with van der Waals surface area (Å²) in [5.41, 5.74) is 2.29. The number of furan rings is 1. The summed E-state index contributed by atoms with van der Waals surface area (Å²) in [7, 11) is 0. The number of hydrogen-bond acceptors (Lipinski definition) is 4. The average Bonchev–Trinajstić information content (AvgIpc) is 3.18. The van der Waals surface area contributed by atoms with E-state index in [9.17, 15) is 9.59 Å². The largest absolute Gasteiger partial charge is 0.467 e. The number of Topliss-reactive ketones (excluding diaryl/α,β-unsaturated/α-hetero) is 2. The molecule has 1 heterocycles. The van der Waals surface area contributed by atoms with E-state index in [-0.39, 0.29) is 11.6 Å². The average molecular weight is 329 g/mol. The fourth-order valence-electron chi connectivity index (χ4n) is 3.01. The number of carbonyl (C=O) groups is 2. The summed E-state index contributed by atoms with van der Waals surface area (Å²) in [5, 5.41) is 3.11. The molecule has 1 N–H and O–H groups in total. The minimum Gasteiger partial charge on any atom is -0.467 e. The van der Waals surface area contributed by atoms with Crippen LogP contribution in [0.25, 0.3) is 5.57 Å². The summed E-state index contributed by atoms with van der Waals surface area (Å²) >= 11 is 0. The Hall–Kier alpha value is -3.40. The second kappa shape index (κ2) is 6.24. The van der Waals surface area contributed by atoms with Gasteiger partial charge in [-0.2, -0.15) is 0 Å². The molecule has 4 heteroatoms. The lowest BCUT2D eigenvalue weighted by Gasteiger charge is -2.22. The first kappa shape index (κ1) is 15.1. The molecule has 0 spiro atoms. The summed E-state index contributed by atoms with van der Waals surface area (Å²) in [6.45, 7) is 0.333. The van der Waals surface area contributed by atoms with E-state index in [1.807, 2.05) is 36.4 Å². The molecule has 4 rings (SSSR count). The number of carbonyl (C=O) groups excluding carboxylic acids is 2. The van der Waals surface area contributed by atoms with Crippen LogP contribution in [-0.2, 0) is 6.54 Å². The Labute approximate surface area is 144 Å². The number of rotatable bonds is 4. The van der Waals surface area contributed by atoms with E-state index in [4.69, 9.17) is 4.42 Å². The van der Waals surface area contributed by atoms with Gasteiger partial charge in [0.25, 0.3) is 0 Å². The van der Waals surface area contributed by atoms with Crippen LogP contribution in [0.2, 0.25) is 0 Å². The van der Waals surface area contributed by atoms with Gasteiger partial charge in [-0.3, -0.25) is 9.59 Å². The van der Waals surface area contributed by atoms with Crippen molar-refractivity contribution in [3.8, 4) is 0 Å². The highest BCUT2D eigenvalue weighted by molar-refractivity contribution is 6.40. The molecule has 0 radical (unpaired) electrons. The second-order valence-corrected chi connectivity index (χ2v) is 5.75. The number of allylic oxidation sites excluding steroid dienone is 2. The molecule has 1 aliphatic carbocycles. The highest BCUT2D eigenvalue weighted by Crippen LogP contribution is 2.31. The zero-order valence-corrected chi connectivity index (χ0v) is 13.4. The zero-order valence-electron chi connectivity index (χ0n) is 13.4. The molecule has 0 atom stereocenters. The fraction of sp³-hybridized carbons (Fsp3) is 0.0476. The summed E-state index contributed by atoms with van der Waals surface area (Å²) in [6.07, 6.45) is 1.58. The van der Waals surface area contributed by atoms with Crippen molar-refractivity contribution < 1.29 is 14.0 Å². The van der Waals surface area contributed by atoms with Gasteiger partial charge in [-0.15, -0.1) is 0 Å². The van der Waals surface area contributed by atoms with Crippen molar-refractivity contribution in [1.82, 2.24) is 5.32 Å². The maximum Gasteiger partial charge on any atom is 0.210 e. The van der Waals surface area contributed by atoms with E-state index < -0.39 is 0 Å². The van der Waals surface area contributed by atoms with Crippen molar-refractivity contribution >= 4 is 17.1 Å². The Balaban J connectivity index is 1.83. The first-order valence-corrected chi connectivity index (χ1v) is 8.00. The van der Waals surface area contributed by atoms with Gasteiger partial charge >= 0.3 is 0 Å². The minimum absolute atomic E-state index is 0.150. The summed E-state index contributed by atoms with van der Waals surface area (Å²) in [4.78, 5) is 26.1. The SMILES string of the molecule is O=C1C(NCc2ccco2)=C(c2ccccc2)C(=O)c2ccccc21. The van der Waals surface area contributed by atoms with Crippen LogP contribution in [0.3, 0.4) is 0 Å². The van der Waals surface area contributed by atoms with Gasteiger partial charge in [0.15, 0.2) is 5.78 Å². The molecule has 4 nitrogen and oxygen atoms in total. The first-order valence-electron chi connectivity index (χ1n) is 8.00. The highest BCUT2D eigenvalue weighted by Gasteiger charge is 2.32. The zero-order chi connectivity index (χ0) is 17.2. The summed E-state index contributed by atoms with van der Waals surface area (Å²) < 4.78 is 5.32. The van der Waals surface area contributed by atoms with Crippen LogP contribution >= 0.6 is 0 Å². The molecule has 0 bridgehead atoms. The Morgan fingerprint density at radius 2 is 1.44 bits per heavy atom. The van der Waals surface area contributed by atoms with Crippen molar-refractivity contribution in [1.29, 1.82) is 0 Å². The Morgan fingerprint density at radius 3 is 2.12 bits per heavy atom. The van der Waals surface area contributed by atoms with Gasteiger partial charge in [-0.05, 0) is 17.7 Å². The lowest BCUT2D eigenvalue weighted by Crippen LogP contribution is -2.29. The lowest BCUT2D eigenvalue weighted by molar-refractivity contribution is 0.0985. The maximum atomic E-state index is 13.1. The number of ketones is 2. The standard InChI is InChI=1S/C21H15NO3/c23-20-16-10-4-5-11-17(16)21(24)19(22-13-15-9-6-12-25-15)18(20)14-7-2-1-3-8-14/h1-12,22H,13H2. The molecule has 25 heavy (non-hydrogen) atoms. The number of benzene rings is 2. The molecular weight excluding hydrogens is 314 g/mol. The monoisotopic (exact) mass is 329 g/mol. The van der Waals surface area contributed by atoms with E-state index in [0.29, 0.717) is 34.7 Å². The van der Waals surface area contributed by atoms with E-state index >= 15 is 0 Å². The predicted molar refractivity (Wildman–Crippen MR) is 94.0 cm³/mol. The van der Waals surface area contributed by atoms with Crippen molar-refractivity contribution in [3.63, 3.8) is 0 Å². The topological polar surface area (TPSA) is 59.3 Å². The summed E-state index contributed by atoms with van der Waals surface area (Å²) in [5.74, 6) is 0.364. The normalized spacial score (nSPS) is 13.8. The number of hydrogen-bond donors (Lipinski definition) is 1. The van der Waals surface area contributed by atoms with Crippen LogP contribution in [0.1, 0.15) is 32.0 Å². The first-order chi connectivity index (χ1) is 12.3. The second-order valence-electron chi connectivity index (χ2n) is 5.75. The molecule has 0 unspecified atom stereocenters. The third kappa shape index (κ3) is 2.68. The molecule has 1 aromatic heterocycles.